The summed E-state index contributed by atoms with van der Waals surface area (Å²) in [7, 11) is 0. The van der Waals surface area contributed by atoms with Gasteiger partial charge in [0, 0.05) is 6.54 Å². The predicted octanol–water partition coefficient (Wildman–Crippen LogP) is 2.11. The summed E-state index contributed by atoms with van der Waals surface area (Å²) < 4.78 is 5.47. The highest BCUT2D eigenvalue weighted by Crippen LogP contribution is 2.46. The van der Waals surface area contributed by atoms with Crippen LogP contribution in [0, 0.1) is 11.3 Å². The van der Waals surface area contributed by atoms with Gasteiger partial charge in [-0.1, -0.05) is 0 Å². The van der Waals surface area contributed by atoms with Gasteiger partial charge in [-0.05, 0) is 58.4 Å². The van der Waals surface area contributed by atoms with E-state index in [4.69, 9.17) is 4.74 Å². The van der Waals surface area contributed by atoms with Crippen molar-refractivity contribution in [3.8, 4) is 0 Å². The summed E-state index contributed by atoms with van der Waals surface area (Å²) >= 11 is 0. The lowest BCUT2D eigenvalue weighted by atomic mass is 9.84. The van der Waals surface area contributed by atoms with Gasteiger partial charge in [0.25, 0.3) is 0 Å². The maximum atomic E-state index is 12.0. The summed E-state index contributed by atoms with van der Waals surface area (Å²) in [5, 5.41) is 3.41. The van der Waals surface area contributed by atoms with Crippen molar-refractivity contribution < 1.29 is 9.53 Å². The van der Waals surface area contributed by atoms with Crippen LogP contribution in [-0.2, 0) is 9.53 Å². The molecule has 92 valence electrons. The Morgan fingerprint density at radius 3 is 2.69 bits per heavy atom. The molecule has 0 radical (unpaired) electrons. The Balaban J connectivity index is 1.91. The van der Waals surface area contributed by atoms with Crippen LogP contribution in [0.25, 0.3) is 0 Å². The van der Waals surface area contributed by atoms with E-state index in [9.17, 15) is 4.79 Å². The van der Waals surface area contributed by atoms with E-state index in [1.165, 1.54) is 12.8 Å². The molecular formula is C13H23NO2. The third-order valence-electron chi connectivity index (χ3n) is 3.77. The van der Waals surface area contributed by atoms with Crippen LogP contribution in [0.3, 0.4) is 0 Å². The zero-order valence-corrected chi connectivity index (χ0v) is 10.6. The van der Waals surface area contributed by atoms with Gasteiger partial charge >= 0.3 is 5.97 Å². The smallest absolute Gasteiger partial charge is 0.309 e. The normalized spacial score (nSPS) is 34.6. The van der Waals surface area contributed by atoms with E-state index in [-0.39, 0.29) is 17.5 Å². The summed E-state index contributed by atoms with van der Waals surface area (Å²) in [5.41, 5.74) is 0.0579. The maximum Gasteiger partial charge on any atom is 0.309 e. The number of ether oxygens (including phenoxy) is 1. The third-order valence-corrected chi connectivity index (χ3v) is 3.77. The maximum absolute atomic E-state index is 12.0. The van der Waals surface area contributed by atoms with Crippen molar-refractivity contribution in [2.24, 2.45) is 11.3 Å². The van der Waals surface area contributed by atoms with E-state index in [2.05, 4.69) is 5.32 Å². The van der Waals surface area contributed by atoms with Gasteiger partial charge in [-0.2, -0.15) is 0 Å². The third kappa shape index (κ3) is 2.57. The minimum absolute atomic E-state index is 0.0104. The molecule has 1 aliphatic heterocycles. The van der Waals surface area contributed by atoms with Gasteiger partial charge in [0.05, 0.1) is 5.92 Å². The molecule has 0 aromatic rings. The van der Waals surface area contributed by atoms with Crippen LogP contribution in [0.1, 0.15) is 46.5 Å². The molecule has 3 heteroatoms. The molecule has 1 N–H and O–H groups in total. The van der Waals surface area contributed by atoms with Crippen molar-refractivity contribution in [2.45, 2.75) is 52.1 Å². The second kappa shape index (κ2) is 4.02. The lowest BCUT2D eigenvalue weighted by molar-refractivity contribution is -0.160. The fourth-order valence-electron chi connectivity index (χ4n) is 2.98. The zero-order chi connectivity index (χ0) is 11.8. The average molecular weight is 225 g/mol. The molecule has 0 bridgehead atoms. The second-order valence-corrected chi connectivity index (χ2v) is 6.40. The lowest BCUT2D eigenvalue weighted by Gasteiger charge is -2.24. The van der Waals surface area contributed by atoms with Gasteiger partial charge in [-0.3, -0.25) is 4.79 Å². The summed E-state index contributed by atoms with van der Waals surface area (Å²) in [5.74, 6) is 0.149. The summed E-state index contributed by atoms with van der Waals surface area (Å²) in [6.07, 6.45) is 4.45. The molecule has 1 spiro atoms. The highest BCUT2D eigenvalue weighted by atomic mass is 16.6. The minimum Gasteiger partial charge on any atom is -0.460 e. The number of rotatable bonds is 1. The molecule has 1 heterocycles. The van der Waals surface area contributed by atoms with Crippen molar-refractivity contribution in [2.75, 3.05) is 13.1 Å². The lowest BCUT2D eigenvalue weighted by Crippen LogP contribution is -2.29. The van der Waals surface area contributed by atoms with Crippen molar-refractivity contribution in [1.82, 2.24) is 5.32 Å². The average Bonchev–Trinajstić information content (AvgIpc) is 2.74. The van der Waals surface area contributed by atoms with Crippen molar-refractivity contribution in [3.05, 3.63) is 0 Å². The fraction of sp³-hybridized carbons (Fsp3) is 0.923. The minimum atomic E-state index is -0.346. The Hall–Kier alpha value is -0.570. The molecule has 2 fully saturated rings. The van der Waals surface area contributed by atoms with Crippen LogP contribution in [-0.4, -0.2) is 24.7 Å². The molecule has 0 aromatic heterocycles. The van der Waals surface area contributed by atoms with Gasteiger partial charge in [0.2, 0.25) is 0 Å². The Morgan fingerprint density at radius 2 is 2.12 bits per heavy atom. The Labute approximate surface area is 97.9 Å². The first-order chi connectivity index (χ1) is 7.40. The van der Waals surface area contributed by atoms with Crippen molar-refractivity contribution in [3.63, 3.8) is 0 Å². The van der Waals surface area contributed by atoms with Crippen LogP contribution in [0.4, 0.5) is 0 Å². The first-order valence-corrected chi connectivity index (χ1v) is 6.34. The Morgan fingerprint density at radius 1 is 1.38 bits per heavy atom. The number of nitrogens with one attached hydrogen (secondary N) is 1. The molecule has 16 heavy (non-hydrogen) atoms. The first-order valence-electron chi connectivity index (χ1n) is 6.34. The molecule has 2 aliphatic rings. The van der Waals surface area contributed by atoms with Gasteiger partial charge in [-0.15, -0.1) is 0 Å². The van der Waals surface area contributed by atoms with Crippen LogP contribution in [0.5, 0.6) is 0 Å². The molecular weight excluding hydrogens is 202 g/mol. The largest absolute Gasteiger partial charge is 0.460 e. The number of hydrogen-bond acceptors (Lipinski definition) is 3. The van der Waals surface area contributed by atoms with E-state index in [1.54, 1.807) is 0 Å². The van der Waals surface area contributed by atoms with E-state index in [1.807, 2.05) is 20.8 Å². The highest BCUT2D eigenvalue weighted by Gasteiger charge is 2.44. The van der Waals surface area contributed by atoms with E-state index < -0.39 is 0 Å². The van der Waals surface area contributed by atoms with Crippen LogP contribution < -0.4 is 5.32 Å². The number of carbonyl (C=O) groups excluding carboxylic acids is 1. The van der Waals surface area contributed by atoms with Crippen molar-refractivity contribution in [1.29, 1.82) is 0 Å². The quantitative estimate of drug-likeness (QED) is 0.695. The van der Waals surface area contributed by atoms with Crippen molar-refractivity contribution >= 4 is 5.97 Å². The van der Waals surface area contributed by atoms with E-state index >= 15 is 0 Å². The van der Waals surface area contributed by atoms with Crippen LogP contribution in [0.15, 0.2) is 0 Å². The molecule has 2 atom stereocenters. The predicted molar refractivity (Wildman–Crippen MR) is 63.1 cm³/mol. The first kappa shape index (κ1) is 11.9. The molecule has 1 saturated heterocycles. The molecule has 3 nitrogen and oxygen atoms in total. The Bertz CT molecular complexity index is 274. The van der Waals surface area contributed by atoms with Gasteiger partial charge < -0.3 is 10.1 Å². The SMILES string of the molecule is CC(C)(C)OC(=O)C1CCC2(CCNC2)C1. The Kier molecular flexibility index (Phi) is 2.99. The molecule has 0 amide bonds. The standard InChI is InChI=1S/C13H23NO2/c1-12(2,3)16-11(15)10-4-5-13(8-10)6-7-14-9-13/h10,14H,4-9H2,1-3H3. The summed E-state index contributed by atoms with van der Waals surface area (Å²) in [6.45, 7) is 8.01. The van der Waals surface area contributed by atoms with E-state index in [0.717, 1.165) is 25.9 Å². The van der Waals surface area contributed by atoms with Gasteiger partial charge in [0.1, 0.15) is 5.60 Å². The summed E-state index contributed by atoms with van der Waals surface area (Å²) in [6, 6.07) is 0. The van der Waals surface area contributed by atoms with Crippen LogP contribution >= 0.6 is 0 Å². The van der Waals surface area contributed by atoms with Gasteiger partial charge in [-0.25, -0.2) is 0 Å². The number of esters is 1. The topological polar surface area (TPSA) is 38.3 Å². The molecule has 1 saturated carbocycles. The molecule has 1 aliphatic carbocycles. The number of hydrogen-bond donors (Lipinski definition) is 1. The van der Waals surface area contributed by atoms with Crippen LogP contribution in [0.2, 0.25) is 0 Å². The summed E-state index contributed by atoms with van der Waals surface area (Å²) in [4.78, 5) is 12.0. The monoisotopic (exact) mass is 225 g/mol. The molecule has 2 unspecified atom stereocenters. The number of carbonyl (C=O) groups is 1. The molecule has 2 rings (SSSR count). The molecule has 0 aromatic carbocycles. The zero-order valence-electron chi connectivity index (χ0n) is 10.6. The van der Waals surface area contributed by atoms with Gasteiger partial charge in [0.15, 0.2) is 0 Å². The highest BCUT2D eigenvalue weighted by molar-refractivity contribution is 5.73. The fourth-order valence-corrected chi connectivity index (χ4v) is 2.98. The van der Waals surface area contributed by atoms with E-state index in [0.29, 0.717) is 5.41 Å². The second-order valence-electron chi connectivity index (χ2n) is 6.40.